The second-order valence-electron chi connectivity index (χ2n) is 3.49. The van der Waals surface area contributed by atoms with Crippen LogP contribution in [-0.2, 0) is 11.8 Å². The van der Waals surface area contributed by atoms with Gasteiger partial charge in [0.25, 0.3) is 0 Å². The summed E-state index contributed by atoms with van der Waals surface area (Å²) in [5, 5.41) is 12.7. The Labute approximate surface area is 81.3 Å². The minimum Gasteiger partial charge on any atom is -0.479 e. The van der Waals surface area contributed by atoms with Crippen LogP contribution in [0.5, 0.6) is 5.88 Å². The number of ether oxygens (including phenoxy) is 1. The monoisotopic (exact) mass is 196 g/mol. The second kappa shape index (κ2) is 3.32. The predicted octanol–water partition coefficient (Wildman–Crippen LogP) is 0.761. The summed E-state index contributed by atoms with van der Waals surface area (Å²) < 4.78 is 6.64. The zero-order valence-electron chi connectivity index (χ0n) is 7.93. The standard InChI is InChI=1S/C9H12N2O3/c1-11-8(14-5-9(12)13)4-7(10-11)6-2-3-6/h4,6H,2-3,5H2,1H3,(H,12,13). The molecule has 0 amide bonds. The molecule has 0 aromatic carbocycles. The van der Waals surface area contributed by atoms with E-state index in [9.17, 15) is 4.79 Å². The van der Waals surface area contributed by atoms with Crippen molar-refractivity contribution in [3.8, 4) is 5.88 Å². The fourth-order valence-electron chi connectivity index (χ4n) is 1.32. The summed E-state index contributed by atoms with van der Waals surface area (Å²) in [5.41, 5.74) is 1.01. The largest absolute Gasteiger partial charge is 0.479 e. The number of aliphatic carboxylic acids is 1. The molecule has 0 unspecified atom stereocenters. The van der Waals surface area contributed by atoms with Gasteiger partial charge in [-0.1, -0.05) is 0 Å². The molecule has 0 atom stereocenters. The Morgan fingerprint density at radius 3 is 3.07 bits per heavy atom. The fourth-order valence-corrected chi connectivity index (χ4v) is 1.32. The van der Waals surface area contributed by atoms with Gasteiger partial charge in [-0.2, -0.15) is 5.10 Å². The maximum atomic E-state index is 10.3. The van der Waals surface area contributed by atoms with E-state index in [1.54, 1.807) is 11.7 Å². The normalized spacial score (nSPS) is 15.5. The average Bonchev–Trinajstić information content (AvgIpc) is 2.88. The average molecular weight is 196 g/mol. The summed E-state index contributed by atoms with van der Waals surface area (Å²) in [7, 11) is 1.75. The highest BCUT2D eigenvalue weighted by molar-refractivity contribution is 5.68. The van der Waals surface area contributed by atoms with Crippen LogP contribution in [-0.4, -0.2) is 27.5 Å². The third kappa shape index (κ3) is 1.86. The van der Waals surface area contributed by atoms with Crippen molar-refractivity contribution < 1.29 is 14.6 Å². The lowest BCUT2D eigenvalue weighted by Gasteiger charge is -2.00. The van der Waals surface area contributed by atoms with E-state index in [-0.39, 0.29) is 6.61 Å². The molecule has 14 heavy (non-hydrogen) atoms. The third-order valence-corrected chi connectivity index (χ3v) is 2.19. The first-order chi connectivity index (χ1) is 6.66. The van der Waals surface area contributed by atoms with Crippen LogP contribution in [0.25, 0.3) is 0 Å². The minimum absolute atomic E-state index is 0.316. The van der Waals surface area contributed by atoms with Crippen molar-refractivity contribution >= 4 is 5.97 Å². The number of carbonyl (C=O) groups is 1. The van der Waals surface area contributed by atoms with E-state index in [2.05, 4.69) is 5.10 Å². The van der Waals surface area contributed by atoms with Gasteiger partial charge in [-0.15, -0.1) is 0 Å². The number of hydrogen-bond acceptors (Lipinski definition) is 3. The van der Waals surface area contributed by atoms with Gasteiger partial charge in [0, 0.05) is 19.0 Å². The van der Waals surface area contributed by atoms with Gasteiger partial charge in [-0.05, 0) is 12.8 Å². The van der Waals surface area contributed by atoms with Gasteiger partial charge in [-0.25, -0.2) is 9.48 Å². The van der Waals surface area contributed by atoms with E-state index in [4.69, 9.17) is 9.84 Å². The molecule has 1 fully saturated rings. The lowest BCUT2D eigenvalue weighted by Crippen LogP contribution is -2.11. The summed E-state index contributed by atoms with van der Waals surface area (Å²) in [6, 6.07) is 1.82. The highest BCUT2D eigenvalue weighted by atomic mass is 16.5. The van der Waals surface area contributed by atoms with Gasteiger partial charge < -0.3 is 9.84 Å². The molecule has 1 aliphatic carbocycles. The van der Waals surface area contributed by atoms with Crippen LogP contribution in [0, 0.1) is 0 Å². The predicted molar refractivity (Wildman–Crippen MR) is 48.3 cm³/mol. The van der Waals surface area contributed by atoms with Crippen molar-refractivity contribution in [2.24, 2.45) is 7.05 Å². The quantitative estimate of drug-likeness (QED) is 0.772. The topological polar surface area (TPSA) is 64.4 Å². The molecule has 0 spiro atoms. The zero-order valence-corrected chi connectivity index (χ0v) is 7.93. The summed E-state index contributed by atoms with van der Waals surface area (Å²) in [4.78, 5) is 10.3. The highest BCUT2D eigenvalue weighted by Crippen LogP contribution is 2.40. The van der Waals surface area contributed by atoms with Crippen LogP contribution in [0.2, 0.25) is 0 Å². The molecule has 0 aliphatic heterocycles. The Morgan fingerprint density at radius 2 is 2.50 bits per heavy atom. The van der Waals surface area contributed by atoms with Crippen LogP contribution in [0.1, 0.15) is 24.5 Å². The van der Waals surface area contributed by atoms with Gasteiger partial charge in [0.15, 0.2) is 6.61 Å². The molecule has 0 radical (unpaired) electrons. The van der Waals surface area contributed by atoms with E-state index in [0.29, 0.717) is 11.8 Å². The van der Waals surface area contributed by atoms with Gasteiger partial charge in [0.05, 0.1) is 5.69 Å². The number of aromatic nitrogens is 2. The van der Waals surface area contributed by atoms with E-state index in [1.807, 2.05) is 6.07 Å². The van der Waals surface area contributed by atoms with E-state index in [1.165, 1.54) is 12.8 Å². The molecular formula is C9H12N2O3. The van der Waals surface area contributed by atoms with Gasteiger partial charge in [0.2, 0.25) is 5.88 Å². The number of carboxylic acids is 1. The maximum absolute atomic E-state index is 10.3. The molecular weight excluding hydrogens is 184 g/mol. The SMILES string of the molecule is Cn1nc(C2CC2)cc1OCC(=O)O. The van der Waals surface area contributed by atoms with Crippen molar-refractivity contribution in [1.82, 2.24) is 9.78 Å². The number of carboxylic acid groups (broad SMARTS) is 1. The molecule has 1 aliphatic rings. The summed E-state index contributed by atoms with van der Waals surface area (Å²) in [6.45, 7) is -0.316. The van der Waals surface area contributed by atoms with E-state index < -0.39 is 5.97 Å². The van der Waals surface area contributed by atoms with Crippen molar-refractivity contribution in [2.75, 3.05) is 6.61 Å². The van der Waals surface area contributed by atoms with Crippen molar-refractivity contribution in [3.05, 3.63) is 11.8 Å². The molecule has 1 aromatic rings. The third-order valence-electron chi connectivity index (χ3n) is 2.19. The van der Waals surface area contributed by atoms with Crippen molar-refractivity contribution in [3.63, 3.8) is 0 Å². The molecule has 1 heterocycles. The Hall–Kier alpha value is -1.52. The van der Waals surface area contributed by atoms with Crippen LogP contribution in [0.4, 0.5) is 0 Å². The number of nitrogens with zero attached hydrogens (tertiary/aromatic N) is 2. The van der Waals surface area contributed by atoms with Gasteiger partial charge in [0.1, 0.15) is 0 Å². The minimum atomic E-state index is -0.973. The molecule has 0 bridgehead atoms. The first kappa shape index (κ1) is 9.05. The van der Waals surface area contributed by atoms with E-state index in [0.717, 1.165) is 5.69 Å². The molecule has 1 saturated carbocycles. The first-order valence-corrected chi connectivity index (χ1v) is 4.55. The van der Waals surface area contributed by atoms with E-state index >= 15 is 0 Å². The molecule has 5 nitrogen and oxygen atoms in total. The number of rotatable bonds is 4. The van der Waals surface area contributed by atoms with Crippen LogP contribution < -0.4 is 4.74 Å². The van der Waals surface area contributed by atoms with Crippen LogP contribution in [0.3, 0.4) is 0 Å². The van der Waals surface area contributed by atoms with Crippen molar-refractivity contribution in [2.45, 2.75) is 18.8 Å². The summed E-state index contributed by atoms with van der Waals surface area (Å²) in [6.07, 6.45) is 2.35. The maximum Gasteiger partial charge on any atom is 0.341 e. The summed E-state index contributed by atoms with van der Waals surface area (Å²) in [5.74, 6) is 0.108. The smallest absolute Gasteiger partial charge is 0.341 e. The number of aryl methyl sites for hydroxylation is 1. The molecule has 0 saturated heterocycles. The fraction of sp³-hybridized carbons (Fsp3) is 0.556. The molecule has 1 aromatic heterocycles. The van der Waals surface area contributed by atoms with Crippen LogP contribution >= 0.6 is 0 Å². The Morgan fingerprint density at radius 1 is 1.79 bits per heavy atom. The Kier molecular flexibility index (Phi) is 2.15. The van der Waals surface area contributed by atoms with Crippen LogP contribution in [0.15, 0.2) is 6.07 Å². The zero-order chi connectivity index (χ0) is 10.1. The van der Waals surface area contributed by atoms with Crippen molar-refractivity contribution in [1.29, 1.82) is 0 Å². The molecule has 76 valence electrons. The first-order valence-electron chi connectivity index (χ1n) is 4.55. The lowest BCUT2D eigenvalue weighted by molar-refractivity contribution is -0.139. The lowest BCUT2D eigenvalue weighted by atomic mass is 10.3. The molecule has 5 heteroatoms. The Bertz CT molecular complexity index is 355. The molecule has 1 N–H and O–H groups in total. The second-order valence-corrected chi connectivity index (χ2v) is 3.49. The Balaban J connectivity index is 2.04. The molecule has 2 rings (SSSR count). The highest BCUT2D eigenvalue weighted by Gasteiger charge is 2.27. The van der Waals surface area contributed by atoms with Gasteiger partial charge >= 0.3 is 5.97 Å². The van der Waals surface area contributed by atoms with Gasteiger partial charge in [-0.3, -0.25) is 0 Å². The number of hydrogen-bond donors (Lipinski definition) is 1. The summed E-state index contributed by atoms with van der Waals surface area (Å²) >= 11 is 0.